The van der Waals surface area contributed by atoms with Crippen molar-refractivity contribution in [2.24, 2.45) is 5.41 Å². The number of fused-ring (bicyclic) bond motifs is 3. The Morgan fingerprint density at radius 1 is 1.27 bits per heavy atom. The third-order valence-electron chi connectivity index (χ3n) is 4.94. The quantitative estimate of drug-likeness (QED) is 0.598. The van der Waals surface area contributed by atoms with E-state index in [4.69, 9.17) is 14.2 Å². The van der Waals surface area contributed by atoms with Gasteiger partial charge in [0.2, 0.25) is 0 Å². The normalized spacial score (nSPS) is 26.9. The summed E-state index contributed by atoms with van der Waals surface area (Å²) in [5.74, 6) is -0.296. The molecule has 2 saturated heterocycles. The van der Waals surface area contributed by atoms with Crippen LogP contribution in [0.5, 0.6) is 0 Å². The van der Waals surface area contributed by atoms with Crippen LogP contribution in [-0.2, 0) is 20.6 Å². The third kappa shape index (κ3) is 3.50. The molecule has 0 atom stereocenters. The molecule has 4 nitrogen and oxygen atoms in total. The van der Waals surface area contributed by atoms with Crippen LogP contribution in [-0.4, -0.2) is 39.0 Å². The Kier molecular flexibility index (Phi) is 4.79. The number of carbonyl (C=O) groups is 1. The molecule has 0 unspecified atom stereocenters. The Morgan fingerprint density at radius 2 is 2.00 bits per heavy atom. The van der Waals surface area contributed by atoms with E-state index in [1.807, 2.05) is 12.1 Å². The fraction of sp³-hybridized carbons (Fsp3) is 0.611. The van der Waals surface area contributed by atoms with Gasteiger partial charge in [0.05, 0.1) is 38.6 Å². The number of hydrogen-bond donors (Lipinski definition) is 0. The molecule has 1 saturated carbocycles. The van der Waals surface area contributed by atoms with Gasteiger partial charge in [0, 0.05) is 5.41 Å². The van der Waals surface area contributed by atoms with Crippen LogP contribution >= 0.6 is 0 Å². The van der Waals surface area contributed by atoms with Crippen LogP contribution in [0, 0.1) is 5.41 Å². The highest BCUT2D eigenvalue weighted by atomic mass is 16.5. The van der Waals surface area contributed by atoms with Crippen LogP contribution in [0.3, 0.4) is 0 Å². The van der Waals surface area contributed by atoms with Crippen LogP contribution in [0.15, 0.2) is 24.3 Å². The molecule has 3 aliphatic rings. The Bertz CT molecular complexity index is 487. The summed E-state index contributed by atoms with van der Waals surface area (Å²) >= 11 is 0. The lowest BCUT2D eigenvalue weighted by Gasteiger charge is -2.46. The topological polar surface area (TPSA) is 44.8 Å². The van der Waals surface area contributed by atoms with Crippen molar-refractivity contribution in [3.05, 3.63) is 35.4 Å². The van der Waals surface area contributed by atoms with Gasteiger partial charge in [0.25, 0.3) is 0 Å². The maximum atomic E-state index is 11.4. The minimum absolute atomic E-state index is 0.267. The predicted octanol–water partition coefficient (Wildman–Crippen LogP) is 2.99. The molecule has 0 aromatic heterocycles. The minimum Gasteiger partial charge on any atom is -0.465 e. The average molecular weight is 304 g/mol. The largest absolute Gasteiger partial charge is 0.465 e. The Morgan fingerprint density at radius 3 is 2.59 bits per heavy atom. The van der Waals surface area contributed by atoms with Gasteiger partial charge >= 0.3 is 5.97 Å². The molecule has 4 heteroatoms. The molecule has 4 rings (SSSR count). The fourth-order valence-corrected chi connectivity index (χ4v) is 3.40. The monoisotopic (exact) mass is 304 g/mol. The van der Waals surface area contributed by atoms with Crippen LogP contribution in [0.1, 0.15) is 41.6 Å². The summed E-state index contributed by atoms with van der Waals surface area (Å²) in [7, 11) is 1.39. The number of rotatable bonds is 6. The Labute approximate surface area is 131 Å². The van der Waals surface area contributed by atoms with E-state index in [2.05, 4.69) is 0 Å². The molecule has 0 amide bonds. The van der Waals surface area contributed by atoms with Crippen LogP contribution in [0.2, 0.25) is 0 Å². The highest BCUT2D eigenvalue weighted by molar-refractivity contribution is 5.89. The maximum Gasteiger partial charge on any atom is 0.337 e. The summed E-state index contributed by atoms with van der Waals surface area (Å²) < 4.78 is 16.4. The van der Waals surface area contributed by atoms with E-state index >= 15 is 0 Å². The van der Waals surface area contributed by atoms with E-state index in [1.54, 1.807) is 12.1 Å². The van der Waals surface area contributed by atoms with E-state index < -0.39 is 0 Å². The molecule has 0 radical (unpaired) electrons. The van der Waals surface area contributed by atoms with Gasteiger partial charge in [-0.3, -0.25) is 0 Å². The van der Waals surface area contributed by atoms with Crippen molar-refractivity contribution < 1.29 is 19.0 Å². The standard InChI is InChI=1S/C18H24O4/c1-20-17(19)15-4-2-14(3-5-15)8-11-21-12-18-9-6-16(7-10-18)22-13-18/h2-5,16H,6-13H2,1H3. The predicted molar refractivity (Wildman–Crippen MR) is 82.9 cm³/mol. The van der Waals surface area contributed by atoms with Crippen LogP contribution < -0.4 is 0 Å². The van der Waals surface area contributed by atoms with Crippen LogP contribution in [0.25, 0.3) is 0 Å². The maximum absolute atomic E-state index is 11.4. The van der Waals surface area contributed by atoms with Gasteiger partial charge in [-0.25, -0.2) is 4.79 Å². The Balaban J connectivity index is 1.42. The average Bonchev–Trinajstić information content (AvgIpc) is 2.60. The summed E-state index contributed by atoms with van der Waals surface area (Å²) in [4.78, 5) is 11.4. The summed E-state index contributed by atoms with van der Waals surface area (Å²) in [6.07, 6.45) is 6.24. The Hall–Kier alpha value is -1.39. The van der Waals surface area contributed by atoms with E-state index in [0.717, 1.165) is 19.6 Å². The summed E-state index contributed by atoms with van der Waals surface area (Å²) in [6.45, 7) is 2.38. The van der Waals surface area contributed by atoms with Crippen LogP contribution in [0.4, 0.5) is 0 Å². The number of ether oxygens (including phenoxy) is 3. The van der Waals surface area contributed by atoms with E-state index in [0.29, 0.717) is 18.3 Å². The highest BCUT2D eigenvalue weighted by Gasteiger charge is 2.41. The molecule has 0 spiro atoms. The van der Waals surface area contributed by atoms with Gasteiger partial charge in [-0.1, -0.05) is 12.1 Å². The lowest BCUT2D eigenvalue weighted by Crippen LogP contribution is -2.45. The smallest absolute Gasteiger partial charge is 0.337 e. The van der Waals surface area contributed by atoms with Gasteiger partial charge in [-0.15, -0.1) is 0 Å². The van der Waals surface area contributed by atoms with Crippen molar-refractivity contribution in [2.45, 2.75) is 38.2 Å². The van der Waals surface area contributed by atoms with E-state index in [9.17, 15) is 4.79 Å². The second kappa shape index (κ2) is 6.80. The third-order valence-corrected chi connectivity index (χ3v) is 4.94. The van der Waals surface area contributed by atoms with Gasteiger partial charge in [-0.2, -0.15) is 0 Å². The minimum atomic E-state index is -0.296. The first-order chi connectivity index (χ1) is 10.7. The molecule has 3 fully saturated rings. The number of benzene rings is 1. The van der Waals surface area contributed by atoms with Crippen molar-refractivity contribution >= 4 is 5.97 Å². The van der Waals surface area contributed by atoms with Gasteiger partial charge in [0.15, 0.2) is 0 Å². The first-order valence-electron chi connectivity index (χ1n) is 8.07. The van der Waals surface area contributed by atoms with Crippen molar-refractivity contribution in [3.8, 4) is 0 Å². The first kappa shape index (κ1) is 15.5. The van der Waals surface area contributed by atoms with Gasteiger partial charge in [0.1, 0.15) is 0 Å². The molecule has 1 aromatic rings. The van der Waals surface area contributed by atoms with Crippen molar-refractivity contribution in [1.82, 2.24) is 0 Å². The first-order valence-corrected chi connectivity index (χ1v) is 8.07. The molecule has 1 aromatic carbocycles. The molecule has 2 heterocycles. The molecular formula is C18H24O4. The van der Waals surface area contributed by atoms with E-state index in [-0.39, 0.29) is 11.4 Å². The summed E-state index contributed by atoms with van der Waals surface area (Å²) in [6, 6.07) is 7.53. The number of hydrogen-bond acceptors (Lipinski definition) is 4. The molecule has 120 valence electrons. The second-order valence-electron chi connectivity index (χ2n) is 6.50. The highest BCUT2D eigenvalue weighted by Crippen LogP contribution is 2.43. The lowest BCUT2D eigenvalue weighted by atomic mass is 9.72. The molecule has 2 bridgehead atoms. The zero-order chi connectivity index (χ0) is 15.4. The number of methoxy groups -OCH3 is 1. The van der Waals surface area contributed by atoms with E-state index in [1.165, 1.54) is 38.4 Å². The zero-order valence-corrected chi connectivity index (χ0v) is 13.2. The molecular weight excluding hydrogens is 280 g/mol. The number of esters is 1. The lowest BCUT2D eigenvalue weighted by molar-refractivity contribution is -0.141. The SMILES string of the molecule is COC(=O)c1ccc(CCOCC23CCC(CC2)OC3)cc1. The molecule has 1 aliphatic carbocycles. The summed E-state index contributed by atoms with van der Waals surface area (Å²) in [5, 5.41) is 0. The van der Waals surface area contributed by atoms with Crippen molar-refractivity contribution in [3.63, 3.8) is 0 Å². The van der Waals surface area contributed by atoms with Gasteiger partial charge in [-0.05, 0) is 49.8 Å². The number of carbonyl (C=O) groups excluding carboxylic acids is 1. The fourth-order valence-electron chi connectivity index (χ4n) is 3.40. The van der Waals surface area contributed by atoms with Crippen molar-refractivity contribution in [2.75, 3.05) is 26.9 Å². The molecule has 22 heavy (non-hydrogen) atoms. The molecule has 0 N–H and O–H groups in total. The molecule has 2 aliphatic heterocycles. The second-order valence-corrected chi connectivity index (χ2v) is 6.50. The summed E-state index contributed by atoms with van der Waals surface area (Å²) in [5.41, 5.74) is 2.03. The zero-order valence-electron chi connectivity index (χ0n) is 13.2. The van der Waals surface area contributed by atoms with Crippen molar-refractivity contribution in [1.29, 1.82) is 0 Å². The van der Waals surface area contributed by atoms with Gasteiger partial charge < -0.3 is 14.2 Å².